The Hall–Kier alpha value is -3.77. The Morgan fingerprint density at radius 3 is 2.35 bits per heavy atom. The van der Waals surface area contributed by atoms with Crippen LogP contribution in [0.5, 0.6) is 5.75 Å². The van der Waals surface area contributed by atoms with E-state index < -0.39 is 28.4 Å². The number of para-hydroxylation sites is 1. The molecule has 0 radical (unpaired) electrons. The van der Waals surface area contributed by atoms with Gasteiger partial charge in [-0.1, -0.05) is 29.5 Å². The van der Waals surface area contributed by atoms with Crippen LogP contribution in [-0.2, 0) is 32.8 Å². The molecule has 12 heteroatoms. The summed E-state index contributed by atoms with van der Waals surface area (Å²) in [5, 5.41) is 9.39. The fourth-order valence-electron chi connectivity index (χ4n) is 4.35. The van der Waals surface area contributed by atoms with Gasteiger partial charge in [0, 0.05) is 19.2 Å². The Balaban J connectivity index is 1.89. The van der Waals surface area contributed by atoms with E-state index in [9.17, 15) is 14.4 Å². The minimum absolute atomic E-state index is 0.233. The molecule has 3 heterocycles. The Labute approximate surface area is 235 Å². The number of aromatic nitrogens is 5. The molecule has 0 fully saturated rings. The van der Waals surface area contributed by atoms with Crippen molar-refractivity contribution in [3.8, 4) is 10.8 Å². The van der Waals surface area contributed by atoms with Gasteiger partial charge in [0.2, 0.25) is 0 Å². The Morgan fingerprint density at radius 2 is 1.70 bits per heavy atom. The van der Waals surface area contributed by atoms with Crippen LogP contribution in [0.3, 0.4) is 0 Å². The monoisotopic (exact) mass is 569 g/mol. The number of esters is 1. The fraction of sp³-hybridized carbons (Fsp3) is 0.464. The first kappa shape index (κ1) is 29.2. The summed E-state index contributed by atoms with van der Waals surface area (Å²) in [6.07, 6.45) is 3.53. The van der Waals surface area contributed by atoms with Crippen LogP contribution >= 0.6 is 11.3 Å². The van der Waals surface area contributed by atoms with E-state index in [1.54, 1.807) is 51.8 Å². The van der Waals surface area contributed by atoms with Crippen LogP contribution in [0.2, 0.25) is 0 Å². The van der Waals surface area contributed by atoms with Gasteiger partial charge in [0.15, 0.2) is 0 Å². The first-order chi connectivity index (χ1) is 18.9. The second-order valence-corrected chi connectivity index (χ2v) is 11.8. The highest BCUT2D eigenvalue weighted by Crippen LogP contribution is 2.31. The number of rotatable bonds is 10. The summed E-state index contributed by atoms with van der Waals surface area (Å²) in [7, 11) is 1.61. The van der Waals surface area contributed by atoms with Gasteiger partial charge in [0.25, 0.3) is 5.56 Å². The van der Waals surface area contributed by atoms with Crippen LogP contribution in [-0.4, -0.2) is 56.0 Å². The van der Waals surface area contributed by atoms with Crippen LogP contribution in [0.1, 0.15) is 45.7 Å². The van der Waals surface area contributed by atoms with Gasteiger partial charge in [-0.25, -0.2) is 14.2 Å². The smallest absolute Gasteiger partial charge is 0.333 e. The average molecular weight is 570 g/mol. The number of methoxy groups -OCH3 is 1. The lowest BCUT2D eigenvalue weighted by Crippen LogP contribution is -2.54. The number of carbonyl (C=O) groups excluding carboxylic acids is 1. The molecule has 40 heavy (non-hydrogen) atoms. The number of hydrogen-bond acceptors (Lipinski definition) is 9. The molecule has 0 N–H and O–H groups in total. The largest absolute Gasteiger partial charge is 0.491 e. The molecule has 4 aromatic rings. The summed E-state index contributed by atoms with van der Waals surface area (Å²) in [5.41, 5.74) is -2.03. The molecule has 3 aromatic heterocycles. The molecule has 0 unspecified atom stereocenters. The standard InChI is InChI=1S/C28H35N5O6S/c1-18-21-22(34)32(28(5,6)25(35)39-27(2,3)4)26(36)31(24(21)40-23(18)33-29-13-14-30-33)15-12-19-10-8-9-11-20(19)38-17-16-37-7/h8-11,13-14H,12,15-17H2,1-7H3. The number of hydrogen-bond donors (Lipinski definition) is 0. The van der Waals surface area contributed by atoms with Gasteiger partial charge in [-0.15, -0.1) is 4.80 Å². The van der Waals surface area contributed by atoms with Gasteiger partial charge in [-0.05, 0) is 59.6 Å². The van der Waals surface area contributed by atoms with Crippen LogP contribution in [0.15, 0.2) is 46.2 Å². The minimum Gasteiger partial charge on any atom is -0.491 e. The maximum absolute atomic E-state index is 14.1. The van der Waals surface area contributed by atoms with Crippen LogP contribution in [0.4, 0.5) is 0 Å². The van der Waals surface area contributed by atoms with E-state index in [2.05, 4.69) is 10.2 Å². The normalized spacial score (nSPS) is 12.2. The van der Waals surface area contributed by atoms with E-state index in [1.807, 2.05) is 24.3 Å². The maximum Gasteiger partial charge on any atom is 0.333 e. The van der Waals surface area contributed by atoms with Crippen molar-refractivity contribution < 1.29 is 19.0 Å². The average Bonchev–Trinajstić information content (AvgIpc) is 3.52. The van der Waals surface area contributed by atoms with Crippen LogP contribution in [0.25, 0.3) is 15.2 Å². The number of ether oxygens (including phenoxy) is 3. The van der Waals surface area contributed by atoms with Crippen molar-refractivity contribution in [2.24, 2.45) is 0 Å². The lowest BCUT2D eigenvalue weighted by Gasteiger charge is -2.30. The molecule has 0 aliphatic rings. The van der Waals surface area contributed by atoms with E-state index in [0.717, 1.165) is 10.1 Å². The fourth-order valence-corrected chi connectivity index (χ4v) is 5.59. The SMILES string of the molecule is COCCOc1ccccc1CCn1c(=O)n(C(C)(C)C(=O)OC(C)(C)C)c(=O)c2c(C)c(-n3nccn3)sc21. The number of nitrogens with zero attached hydrogens (tertiary/aromatic N) is 5. The molecule has 0 aliphatic heterocycles. The second-order valence-electron chi connectivity index (χ2n) is 10.9. The number of fused-ring (bicyclic) bond motifs is 1. The molecule has 0 atom stereocenters. The highest BCUT2D eigenvalue weighted by atomic mass is 32.1. The zero-order chi connectivity index (χ0) is 29.2. The van der Waals surface area contributed by atoms with Crippen molar-refractivity contribution in [3.05, 3.63) is 68.6 Å². The van der Waals surface area contributed by atoms with E-state index >= 15 is 0 Å². The summed E-state index contributed by atoms with van der Waals surface area (Å²) in [6, 6.07) is 7.59. The van der Waals surface area contributed by atoms with Gasteiger partial charge in [0.1, 0.15) is 33.3 Å². The minimum atomic E-state index is -1.57. The molecule has 11 nitrogen and oxygen atoms in total. The summed E-state index contributed by atoms with van der Waals surface area (Å²) >= 11 is 1.25. The zero-order valence-electron chi connectivity index (χ0n) is 23.9. The lowest BCUT2D eigenvalue weighted by atomic mass is 10.0. The number of carbonyl (C=O) groups is 1. The van der Waals surface area contributed by atoms with Crippen molar-refractivity contribution in [1.82, 2.24) is 24.1 Å². The highest BCUT2D eigenvalue weighted by Gasteiger charge is 2.38. The Kier molecular flexibility index (Phi) is 8.31. The predicted octanol–water partition coefficient (Wildman–Crippen LogP) is 3.46. The molecule has 0 spiro atoms. The molecule has 0 saturated carbocycles. The Morgan fingerprint density at radius 1 is 1.02 bits per heavy atom. The van der Waals surface area contributed by atoms with Crippen LogP contribution in [0, 0.1) is 6.92 Å². The predicted molar refractivity (Wildman–Crippen MR) is 153 cm³/mol. The quantitative estimate of drug-likeness (QED) is 0.210. The molecule has 214 valence electrons. The van der Waals surface area contributed by atoms with Gasteiger partial charge in [-0.2, -0.15) is 10.2 Å². The van der Waals surface area contributed by atoms with Crippen molar-refractivity contribution >= 4 is 27.5 Å². The molecule has 4 rings (SSSR count). The number of aryl methyl sites for hydroxylation is 3. The van der Waals surface area contributed by atoms with Gasteiger partial charge < -0.3 is 14.2 Å². The summed E-state index contributed by atoms with van der Waals surface area (Å²) in [5.74, 6) is 0.0128. The summed E-state index contributed by atoms with van der Waals surface area (Å²) < 4.78 is 19.1. The van der Waals surface area contributed by atoms with Crippen molar-refractivity contribution in [3.63, 3.8) is 0 Å². The first-order valence-electron chi connectivity index (χ1n) is 13.0. The topological polar surface area (TPSA) is 119 Å². The number of benzene rings is 1. The zero-order valence-corrected chi connectivity index (χ0v) is 24.7. The third-order valence-electron chi connectivity index (χ3n) is 6.37. The number of thiophene rings is 1. The lowest BCUT2D eigenvalue weighted by molar-refractivity contribution is -0.164. The third-order valence-corrected chi connectivity index (χ3v) is 7.65. The van der Waals surface area contributed by atoms with Crippen LogP contribution < -0.4 is 16.0 Å². The van der Waals surface area contributed by atoms with Gasteiger partial charge in [0.05, 0.1) is 24.4 Å². The molecule has 0 bridgehead atoms. The maximum atomic E-state index is 14.1. The second kappa shape index (κ2) is 11.4. The highest BCUT2D eigenvalue weighted by molar-refractivity contribution is 7.21. The van der Waals surface area contributed by atoms with E-state index in [-0.39, 0.29) is 6.54 Å². The van der Waals surface area contributed by atoms with E-state index in [0.29, 0.717) is 46.2 Å². The summed E-state index contributed by atoms with van der Waals surface area (Å²) in [6.45, 7) is 11.1. The molecular weight excluding hydrogens is 534 g/mol. The molecule has 0 saturated heterocycles. The molecule has 0 amide bonds. The van der Waals surface area contributed by atoms with Crippen molar-refractivity contribution in [2.45, 2.75) is 65.6 Å². The van der Waals surface area contributed by atoms with E-state index in [1.165, 1.54) is 30.0 Å². The summed E-state index contributed by atoms with van der Waals surface area (Å²) in [4.78, 5) is 43.2. The molecule has 1 aromatic carbocycles. The van der Waals surface area contributed by atoms with Crippen molar-refractivity contribution in [2.75, 3.05) is 20.3 Å². The third kappa shape index (κ3) is 5.73. The van der Waals surface area contributed by atoms with E-state index in [4.69, 9.17) is 14.2 Å². The van der Waals surface area contributed by atoms with Gasteiger partial charge >= 0.3 is 11.7 Å². The first-order valence-corrected chi connectivity index (χ1v) is 13.8. The Bertz CT molecular complexity index is 1630. The van der Waals surface area contributed by atoms with Crippen molar-refractivity contribution in [1.29, 1.82) is 0 Å². The molecule has 0 aliphatic carbocycles. The molecular formula is C28H35N5O6S. The van der Waals surface area contributed by atoms with Gasteiger partial charge in [-0.3, -0.25) is 9.36 Å².